The number of amides is 1. The topological polar surface area (TPSA) is 57.7 Å². The van der Waals surface area contributed by atoms with Crippen LogP contribution in [-0.4, -0.2) is 62.2 Å². The third-order valence-electron chi connectivity index (χ3n) is 5.03. The van der Waals surface area contributed by atoms with Gasteiger partial charge in [0.05, 0.1) is 24.6 Å². The van der Waals surface area contributed by atoms with Gasteiger partial charge in [-0.2, -0.15) is 0 Å². The number of likely N-dealkylation sites (N-methyl/N-ethyl adjacent to an activating group) is 1. The van der Waals surface area contributed by atoms with Gasteiger partial charge in [0, 0.05) is 38.9 Å². The molecule has 6 heteroatoms. The van der Waals surface area contributed by atoms with Crippen molar-refractivity contribution in [3.8, 4) is 5.75 Å². The van der Waals surface area contributed by atoms with E-state index in [4.69, 9.17) is 4.74 Å². The molecule has 3 rings (SSSR count). The fourth-order valence-corrected chi connectivity index (χ4v) is 3.26. The summed E-state index contributed by atoms with van der Waals surface area (Å²) in [4.78, 5) is 21.5. The maximum absolute atomic E-state index is 12.5. The molecule has 0 saturated carbocycles. The Morgan fingerprint density at radius 3 is 2.56 bits per heavy atom. The summed E-state index contributed by atoms with van der Waals surface area (Å²) >= 11 is 0. The van der Waals surface area contributed by atoms with Crippen molar-refractivity contribution < 1.29 is 9.53 Å². The van der Waals surface area contributed by atoms with E-state index in [2.05, 4.69) is 27.0 Å². The summed E-state index contributed by atoms with van der Waals surface area (Å²) in [5.41, 5.74) is 2.80. The summed E-state index contributed by atoms with van der Waals surface area (Å²) in [6, 6.07) is 9.84. The lowest BCUT2D eigenvalue weighted by atomic mass is 10.1. The molecule has 0 radical (unpaired) electrons. The molecule has 1 aliphatic heterocycles. The monoisotopic (exact) mass is 368 g/mol. The van der Waals surface area contributed by atoms with Gasteiger partial charge in [0.2, 0.25) is 0 Å². The summed E-state index contributed by atoms with van der Waals surface area (Å²) < 4.78 is 5.16. The van der Waals surface area contributed by atoms with Gasteiger partial charge in [-0.25, -0.2) is 0 Å². The number of hydrogen-bond acceptors (Lipinski definition) is 5. The van der Waals surface area contributed by atoms with E-state index >= 15 is 0 Å². The van der Waals surface area contributed by atoms with E-state index in [0.717, 1.165) is 56.1 Å². The number of piperazine rings is 1. The fourth-order valence-electron chi connectivity index (χ4n) is 3.26. The standard InChI is InChI=1S/C21H28N4O2/c1-3-24-10-12-25(13-11-24)19-14-18(15-22-16-19)21(26)23-9-8-17-4-6-20(27-2)7-5-17/h4-7,14-16H,3,8-13H2,1-2H3,(H,23,26). The Hall–Kier alpha value is -2.60. The molecule has 0 aliphatic carbocycles. The second kappa shape index (κ2) is 9.37. The van der Waals surface area contributed by atoms with Gasteiger partial charge in [-0.15, -0.1) is 0 Å². The second-order valence-corrected chi connectivity index (χ2v) is 6.71. The number of pyridine rings is 1. The maximum Gasteiger partial charge on any atom is 0.252 e. The zero-order valence-corrected chi connectivity index (χ0v) is 16.1. The van der Waals surface area contributed by atoms with Crippen molar-refractivity contribution in [2.45, 2.75) is 13.3 Å². The number of hydrogen-bond donors (Lipinski definition) is 1. The number of carbonyl (C=O) groups is 1. The summed E-state index contributed by atoms with van der Waals surface area (Å²) in [5.74, 6) is 0.760. The SMILES string of the molecule is CCN1CCN(c2cncc(C(=O)NCCc3ccc(OC)cc3)c2)CC1. The largest absolute Gasteiger partial charge is 0.497 e. The molecular formula is C21H28N4O2. The minimum absolute atomic E-state index is 0.0787. The number of ether oxygens (including phenoxy) is 1. The molecule has 2 heterocycles. The second-order valence-electron chi connectivity index (χ2n) is 6.71. The lowest BCUT2D eigenvalue weighted by Gasteiger charge is -2.35. The van der Waals surface area contributed by atoms with E-state index in [0.29, 0.717) is 12.1 Å². The van der Waals surface area contributed by atoms with Crippen LogP contribution in [0.5, 0.6) is 5.75 Å². The highest BCUT2D eigenvalue weighted by Gasteiger charge is 2.17. The van der Waals surface area contributed by atoms with Crippen molar-refractivity contribution in [3.63, 3.8) is 0 Å². The molecule has 0 atom stereocenters. The molecule has 6 nitrogen and oxygen atoms in total. The van der Waals surface area contributed by atoms with E-state index < -0.39 is 0 Å². The highest BCUT2D eigenvalue weighted by molar-refractivity contribution is 5.94. The molecule has 27 heavy (non-hydrogen) atoms. The average molecular weight is 368 g/mol. The van der Waals surface area contributed by atoms with Crippen LogP contribution in [0, 0.1) is 0 Å². The fraction of sp³-hybridized carbons (Fsp3) is 0.429. The molecule has 0 bridgehead atoms. The van der Waals surface area contributed by atoms with Crippen LogP contribution in [0.3, 0.4) is 0 Å². The Kier molecular flexibility index (Phi) is 6.65. The van der Waals surface area contributed by atoms with E-state index in [1.807, 2.05) is 36.5 Å². The number of rotatable bonds is 7. The Labute approximate surface area is 161 Å². The number of methoxy groups -OCH3 is 1. The number of aromatic nitrogens is 1. The zero-order chi connectivity index (χ0) is 19.1. The van der Waals surface area contributed by atoms with Crippen LogP contribution in [0.2, 0.25) is 0 Å². The Morgan fingerprint density at radius 2 is 1.89 bits per heavy atom. The third kappa shape index (κ3) is 5.20. The van der Waals surface area contributed by atoms with Crippen molar-refractivity contribution in [2.24, 2.45) is 0 Å². The first-order chi connectivity index (χ1) is 13.2. The molecule has 1 saturated heterocycles. The van der Waals surface area contributed by atoms with Gasteiger partial charge in [-0.3, -0.25) is 9.78 Å². The van der Waals surface area contributed by atoms with Gasteiger partial charge in [-0.1, -0.05) is 19.1 Å². The van der Waals surface area contributed by atoms with Crippen LogP contribution >= 0.6 is 0 Å². The summed E-state index contributed by atoms with van der Waals surface area (Å²) in [6.07, 6.45) is 4.26. The van der Waals surface area contributed by atoms with E-state index in [-0.39, 0.29) is 5.91 Å². The summed E-state index contributed by atoms with van der Waals surface area (Å²) in [7, 11) is 1.65. The molecule has 1 amide bonds. The number of anilines is 1. The minimum Gasteiger partial charge on any atom is -0.497 e. The summed E-state index contributed by atoms with van der Waals surface area (Å²) in [6.45, 7) is 7.90. The molecule has 1 aliphatic rings. The van der Waals surface area contributed by atoms with Crippen molar-refractivity contribution in [1.29, 1.82) is 0 Å². The highest BCUT2D eigenvalue weighted by atomic mass is 16.5. The number of benzene rings is 1. The molecule has 0 unspecified atom stereocenters. The number of carbonyl (C=O) groups excluding carboxylic acids is 1. The number of nitrogens with zero attached hydrogens (tertiary/aromatic N) is 3. The van der Waals surface area contributed by atoms with E-state index in [1.54, 1.807) is 13.3 Å². The van der Waals surface area contributed by atoms with Gasteiger partial charge < -0.3 is 19.9 Å². The van der Waals surface area contributed by atoms with Crippen molar-refractivity contribution in [2.75, 3.05) is 51.3 Å². The Balaban J connectivity index is 1.52. The zero-order valence-electron chi connectivity index (χ0n) is 16.1. The van der Waals surface area contributed by atoms with Crippen LogP contribution in [0.25, 0.3) is 0 Å². The van der Waals surface area contributed by atoms with E-state index in [9.17, 15) is 4.79 Å². The van der Waals surface area contributed by atoms with Gasteiger partial charge in [0.15, 0.2) is 0 Å². The van der Waals surface area contributed by atoms with Crippen molar-refractivity contribution >= 4 is 11.6 Å². The molecule has 1 aromatic heterocycles. The molecule has 1 N–H and O–H groups in total. The smallest absolute Gasteiger partial charge is 0.252 e. The lowest BCUT2D eigenvalue weighted by molar-refractivity contribution is 0.0954. The third-order valence-corrected chi connectivity index (χ3v) is 5.03. The number of nitrogens with one attached hydrogen (secondary N) is 1. The molecule has 2 aromatic rings. The first-order valence-electron chi connectivity index (χ1n) is 9.53. The molecule has 144 valence electrons. The van der Waals surface area contributed by atoms with E-state index in [1.165, 1.54) is 0 Å². The van der Waals surface area contributed by atoms with Gasteiger partial charge >= 0.3 is 0 Å². The van der Waals surface area contributed by atoms with Gasteiger partial charge in [-0.05, 0) is 36.7 Å². The van der Waals surface area contributed by atoms with Crippen LogP contribution in [0.15, 0.2) is 42.7 Å². The quantitative estimate of drug-likeness (QED) is 0.812. The Morgan fingerprint density at radius 1 is 1.15 bits per heavy atom. The van der Waals surface area contributed by atoms with Crippen molar-refractivity contribution in [3.05, 3.63) is 53.9 Å². The predicted octanol–water partition coefficient (Wildman–Crippen LogP) is 2.20. The van der Waals surface area contributed by atoms with Crippen molar-refractivity contribution in [1.82, 2.24) is 15.2 Å². The predicted molar refractivity (Wildman–Crippen MR) is 108 cm³/mol. The van der Waals surface area contributed by atoms with Crippen LogP contribution in [-0.2, 0) is 6.42 Å². The first kappa shape index (κ1) is 19.2. The highest BCUT2D eigenvalue weighted by Crippen LogP contribution is 2.17. The average Bonchev–Trinajstić information content (AvgIpc) is 2.74. The molecular weight excluding hydrogens is 340 g/mol. The molecule has 0 spiro atoms. The maximum atomic E-state index is 12.5. The van der Waals surface area contributed by atoms with Gasteiger partial charge in [0.1, 0.15) is 5.75 Å². The first-order valence-corrected chi connectivity index (χ1v) is 9.53. The lowest BCUT2D eigenvalue weighted by Crippen LogP contribution is -2.46. The normalized spacial score (nSPS) is 14.8. The van der Waals surface area contributed by atoms with Crippen LogP contribution in [0.1, 0.15) is 22.8 Å². The molecule has 1 aromatic carbocycles. The van der Waals surface area contributed by atoms with Crippen LogP contribution in [0.4, 0.5) is 5.69 Å². The Bertz CT molecular complexity index is 740. The minimum atomic E-state index is -0.0787. The van der Waals surface area contributed by atoms with Gasteiger partial charge in [0.25, 0.3) is 5.91 Å². The summed E-state index contributed by atoms with van der Waals surface area (Å²) in [5, 5.41) is 2.99. The van der Waals surface area contributed by atoms with Crippen LogP contribution < -0.4 is 15.0 Å². The molecule has 1 fully saturated rings.